The number of carbonyl (C=O) groups is 1. The number of nitrogens with one attached hydrogen (secondary N) is 1. The fourth-order valence-electron chi connectivity index (χ4n) is 13.5. The van der Waals surface area contributed by atoms with Crippen molar-refractivity contribution in [1.82, 2.24) is 5.32 Å². The lowest BCUT2D eigenvalue weighted by Gasteiger charge is -2.48. The van der Waals surface area contributed by atoms with Crippen LogP contribution in [0.2, 0.25) is 0 Å². The molecule has 12 N–H and O–H groups in total. The maximum atomic E-state index is 13.5. The largest absolute Gasteiger partial charge is 0.394 e. The van der Waals surface area contributed by atoms with Crippen LogP contribution in [0, 0.1) is 0 Å². The Morgan fingerprint density at radius 3 is 1.10 bits per heavy atom. The van der Waals surface area contributed by atoms with Gasteiger partial charge in [-0.3, -0.25) is 4.79 Å². The van der Waals surface area contributed by atoms with Gasteiger partial charge in [0.1, 0.15) is 73.2 Å². The van der Waals surface area contributed by atoms with E-state index in [0.29, 0.717) is 12.8 Å². The maximum Gasteiger partial charge on any atom is 0.220 e. The first-order chi connectivity index (χ1) is 47.8. The van der Waals surface area contributed by atoms with Crippen LogP contribution in [0.3, 0.4) is 0 Å². The van der Waals surface area contributed by atoms with Gasteiger partial charge in [-0.05, 0) is 51.4 Å². The fraction of sp³-hybridized carbons (Fsp3) is 0.886. The Morgan fingerprint density at radius 1 is 0.378 bits per heavy atom. The van der Waals surface area contributed by atoms with Crippen LogP contribution in [0.15, 0.2) is 48.6 Å². The van der Waals surface area contributed by atoms with Gasteiger partial charge in [0.25, 0.3) is 0 Å². The lowest BCUT2D eigenvalue weighted by atomic mass is 9.96. The second-order valence-electron chi connectivity index (χ2n) is 28.5. The first-order valence-corrected chi connectivity index (χ1v) is 39.9. The predicted molar refractivity (Wildman–Crippen MR) is 388 cm³/mol. The summed E-state index contributed by atoms with van der Waals surface area (Å²) in [5.41, 5.74) is 0. The van der Waals surface area contributed by atoms with Crippen molar-refractivity contribution in [2.24, 2.45) is 0 Å². The molecule has 0 spiro atoms. The first-order valence-electron chi connectivity index (χ1n) is 39.9. The lowest BCUT2D eigenvalue weighted by Crippen LogP contribution is -2.66. The molecule has 0 bridgehead atoms. The van der Waals surface area contributed by atoms with E-state index in [1.54, 1.807) is 0 Å². The third-order valence-electron chi connectivity index (χ3n) is 19.9. The summed E-state index contributed by atoms with van der Waals surface area (Å²) in [6.07, 6.45) is 47.7. The van der Waals surface area contributed by atoms with E-state index in [1.807, 2.05) is 0 Å². The quantitative estimate of drug-likeness (QED) is 0.0199. The van der Waals surface area contributed by atoms with Gasteiger partial charge in [-0.15, -0.1) is 0 Å². The molecular formula is C79H145NO18. The van der Waals surface area contributed by atoms with Crippen LogP contribution in [0.5, 0.6) is 0 Å². The van der Waals surface area contributed by atoms with Gasteiger partial charge in [-0.2, -0.15) is 0 Å². The molecule has 0 aromatic heterocycles. The van der Waals surface area contributed by atoms with Crippen LogP contribution in [0.1, 0.15) is 316 Å². The fourth-order valence-corrected chi connectivity index (χ4v) is 13.5. The smallest absolute Gasteiger partial charge is 0.220 e. The summed E-state index contributed by atoms with van der Waals surface area (Å²) in [4.78, 5) is 13.5. The zero-order valence-electron chi connectivity index (χ0n) is 61.3. The minimum Gasteiger partial charge on any atom is -0.394 e. The van der Waals surface area contributed by atoms with E-state index in [1.165, 1.54) is 212 Å². The highest BCUT2D eigenvalue weighted by atomic mass is 16.8. The number of aliphatic hydroxyl groups excluding tert-OH is 11. The molecule has 3 fully saturated rings. The monoisotopic (exact) mass is 1400 g/mol. The Morgan fingerprint density at radius 2 is 0.704 bits per heavy atom. The van der Waals surface area contributed by atoms with E-state index in [-0.39, 0.29) is 18.9 Å². The molecule has 0 aliphatic carbocycles. The van der Waals surface area contributed by atoms with Gasteiger partial charge in [0, 0.05) is 6.42 Å². The highest BCUT2D eigenvalue weighted by Gasteiger charge is 2.54. The zero-order valence-corrected chi connectivity index (χ0v) is 61.3. The van der Waals surface area contributed by atoms with E-state index < -0.39 is 124 Å². The van der Waals surface area contributed by atoms with Crippen LogP contribution in [0.25, 0.3) is 0 Å². The number of amides is 1. The average Bonchev–Trinajstić information content (AvgIpc) is 0.782. The Balaban J connectivity index is 1.35. The normalized spacial score (nSPS) is 27.0. The number of ether oxygens (including phenoxy) is 6. The molecular weight excluding hydrogens is 1250 g/mol. The van der Waals surface area contributed by atoms with Gasteiger partial charge in [0.05, 0.1) is 38.6 Å². The van der Waals surface area contributed by atoms with Gasteiger partial charge in [-0.25, -0.2) is 0 Å². The average molecular weight is 1400 g/mol. The van der Waals surface area contributed by atoms with E-state index in [2.05, 4.69) is 67.8 Å². The molecule has 0 radical (unpaired) electrons. The number of rotatable bonds is 63. The third-order valence-corrected chi connectivity index (χ3v) is 19.9. The molecule has 574 valence electrons. The van der Waals surface area contributed by atoms with Crippen molar-refractivity contribution in [3.8, 4) is 0 Å². The topological polar surface area (TPSA) is 307 Å². The SMILES string of the molecule is CC/C=C\C/C=C\C/C=C\C/C=C\CCCCCCCCCCCCCCCCCCCCCCC(=O)NC(COC1OC(CO)C(OC2OC(CO)C(OC3OC(CO)C(O)C(O)C3O)C(O)C2O)C(O)C1O)C(O)CCCCCCCCCCCCCCCCCCCCCC. The highest BCUT2D eigenvalue weighted by Crippen LogP contribution is 2.33. The van der Waals surface area contributed by atoms with Crippen LogP contribution in [0.4, 0.5) is 0 Å². The van der Waals surface area contributed by atoms with Crippen molar-refractivity contribution in [3.05, 3.63) is 48.6 Å². The van der Waals surface area contributed by atoms with Gasteiger partial charge in [-0.1, -0.05) is 306 Å². The summed E-state index contributed by atoms with van der Waals surface area (Å²) in [6, 6.07) is -0.887. The van der Waals surface area contributed by atoms with Crippen molar-refractivity contribution >= 4 is 5.91 Å². The van der Waals surface area contributed by atoms with Crippen molar-refractivity contribution in [2.75, 3.05) is 26.4 Å². The van der Waals surface area contributed by atoms with Gasteiger partial charge in [0.2, 0.25) is 5.91 Å². The summed E-state index contributed by atoms with van der Waals surface area (Å²) < 4.78 is 34.5. The van der Waals surface area contributed by atoms with Crippen molar-refractivity contribution in [1.29, 1.82) is 0 Å². The van der Waals surface area contributed by atoms with Crippen molar-refractivity contribution in [3.63, 3.8) is 0 Å². The number of unbranched alkanes of at least 4 members (excludes halogenated alkanes) is 39. The Hall–Kier alpha value is -2.25. The van der Waals surface area contributed by atoms with Gasteiger partial charge < -0.3 is 89.9 Å². The van der Waals surface area contributed by atoms with Crippen LogP contribution >= 0.6 is 0 Å². The maximum absolute atomic E-state index is 13.5. The lowest BCUT2D eigenvalue weighted by molar-refractivity contribution is -0.379. The van der Waals surface area contributed by atoms with Crippen LogP contribution in [-0.4, -0.2) is 193 Å². The summed E-state index contributed by atoms with van der Waals surface area (Å²) in [7, 11) is 0. The van der Waals surface area contributed by atoms with E-state index in [0.717, 1.165) is 70.6 Å². The molecule has 0 saturated carbocycles. The molecule has 0 aromatic carbocycles. The minimum absolute atomic E-state index is 0.237. The van der Waals surface area contributed by atoms with Crippen molar-refractivity contribution < 1.29 is 89.4 Å². The molecule has 17 unspecified atom stereocenters. The van der Waals surface area contributed by atoms with E-state index >= 15 is 0 Å². The second kappa shape index (κ2) is 60.1. The summed E-state index contributed by atoms with van der Waals surface area (Å²) >= 11 is 0. The predicted octanol–water partition coefficient (Wildman–Crippen LogP) is 12.9. The number of hydrogen-bond acceptors (Lipinski definition) is 18. The number of allylic oxidation sites excluding steroid dienone is 8. The Labute approximate surface area is 593 Å². The van der Waals surface area contributed by atoms with E-state index in [4.69, 9.17) is 28.4 Å². The van der Waals surface area contributed by atoms with Gasteiger partial charge >= 0.3 is 0 Å². The Kier molecular flexibility index (Phi) is 55.1. The molecule has 3 aliphatic heterocycles. The first kappa shape index (κ1) is 90.0. The van der Waals surface area contributed by atoms with Crippen molar-refractivity contribution in [2.45, 2.75) is 420 Å². The zero-order chi connectivity index (χ0) is 71.1. The number of aliphatic hydroxyl groups is 11. The molecule has 19 nitrogen and oxygen atoms in total. The third kappa shape index (κ3) is 40.1. The number of hydrogen-bond donors (Lipinski definition) is 12. The van der Waals surface area contributed by atoms with Gasteiger partial charge in [0.15, 0.2) is 18.9 Å². The molecule has 0 aromatic rings. The van der Waals surface area contributed by atoms with Crippen LogP contribution < -0.4 is 5.32 Å². The van der Waals surface area contributed by atoms with Crippen LogP contribution in [-0.2, 0) is 33.2 Å². The molecule has 1 amide bonds. The summed E-state index contributed by atoms with van der Waals surface area (Å²) in [5, 5.41) is 121. The van der Waals surface area contributed by atoms with E-state index in [9.17, 15) is 61.0 Å². The molecule has 3 saturated heterocycles. The molecule has 3 heterocycles. The minimum atomic E-state index is -1.97. The molecule has 19 heteroatoms. The second-order valence-corrected chi connectivity index (χ2v) is 28.5. The molecule has 98 heavy (non-hydrogen) atoms. The number of carbonyl (C=O) groups excluding carboxylic acids is 1. The summed E-state index contributed by atoms with van der Waals surface area (Å²) in [6.45, 7) is 1.73. The highest BCUT2D eigenvalue weighted by molar-refractivity contribution is 5.76. The molecule has 3 aliphatic rings. The summed E-state index contributed by atoms with van der Waals surface area (Å²) in [5.74, 6) is -0.237. The standard InChI is InChI=1S/C79H145NO18/c1-3-5-7-9-11-13-15-17-19-21-23-25-26-27-28-29-30-31-32-33-34-35-36-37-39-41-43-45-47-49-51-53-55-57-67(85)80-62(63(84)56-54-52-50-48-46-44-42-40-38-24-22-20-18-16-14-12-10-8-6-4-2)61-93-77-73(91)70(88)75(65(59-82)95-77)98-79-74(92)71(89)76(66(60-83)96-79)97-78-72(90)69(87)68(86)64(58-81)94-78/h5,7,11,13,17,19,23,25,62-66,68-79,81-84,86-92H,3-4,6,8-10,12,14-16,18,20-22,24,26-61H2,1-2H3,(H,80,85)/b7-5-,13-11-,19-17-,25-23-. The molecule has 17 atom stereocenters. The Bertz CT molecular complexity index is 1960. The molecule has 3 rings (SSSR count).